The fourth-order valence-electron chi connectivity index (χ4n) is 6.87. The van der Waals surface area contributed by atoms with E-state index in [9.17, 15) is 19.5 Å². The lowest BCUT2D eigenvalue weighted by atomic mass is 10.0. The first kappa shape index (κ1) is 60.0. The second-order valence-electron chi connectivity index (χ2n) is 18.1. The second-order valence-corrected chi connectivity index (χ2v) is 18.1. The predicted octanol–water partition coefficient (Wildman–Crippen LogP) is 12.8. The summed E-state index contributed by atoms with van der Waals surface area (Å²) in [7, 11) is 5.89. The third-order valence-electron chi connectivity index (χ3n) is 10.8. The molecule has 0 bridgehead atoms. The van der Waals surface area contributed by atoms with Gasteiger partial charge in [0.1, 0.15) is 13.2 Å². The van der Waals surface area contributed by atoms with Gasteiger partial charge in [0.2, 0.25) is 0 Å². The molecule has 0 fully saturated rings. The van der Waals surface area contributed by atoms with Gasteiger partial charge in [-0.2, -0.15) is 0 Å². The average Bonchev–Trinajstić information content (AvgIpc) is 3.24. The lowest BCUT2D eigenvalue weighted by Crippen LogP contribution is -2.44. The summed E-state index contributed by atoms with van der Waals surface area (Å²) in [6.45, 7) is 4.57. The van der Waals surface area contributed by atoms with Crippen LogP contribution in [0.3, 0.4) is 0 Å². The van der Waals surface area contributed by atoms with Crippen molar-refractivity contribution < 1.29 is 42.9 Å². The molecule has 0 saturated heterocycles. The number of carboxylic acids is 1. The summed E-state index contributed by atoms with van der Waals surface area (Å²) in [5.74, 6) is -2.36. The SMILES string of the molecule is CC/C=C\C/C=C\C/C=C\C/C=C\C/C=C\CCCC(=O)OC(COC(=O)CCCCCCCCCCCCCCCCCCCCCCC)COC(OCC[N+](C)(C)C)C(=O)[O-]. The molecule has 63 heavy (non-hydrogen) atoms. The average molecular weight is 886 g/mol. The molecule has 0 aromatic rings. The Labute approximate surface area is 386 Å². The van der Waals surface area contributed by atoms with Crippen LogP contribution in [0, 0.1) is 0 Å². The number of carbonyl (C=O) groups excluding carboxylic acids is 3. The van der Waals surface area contributed by atoms with Crippen molar-refractivity contribution in [1.82, 2.24) is 0 Å². The van der Waals surface area contributed by atoms with Crippen LogP contribution in [0.2, 0.25) is 0 Å². The first-order chi connectivity index (χ1) is 30.6. The molecule has 0 aliphatic carbocycles. The number of aliphatic carboxylic acids is 1. The van der Waals surface area contributed by atoms with Gasteiger partial charge < -0.3 is 33.3 Å². The number of quaternary nitrogens is 1. The topological polar surface area (TPSA) is 111 Å². The van der Waals surface area contributed by atoms with Crippen LogP contribution < -0.4 is 5.11 Å². The molecule has 0 spiro atoms. The maximum absolute atomic E-state index is 12.8. The number of rotatable bonds is 46. The molecule has 0 aliphatic rings. The van der Waals surface area contributed by atoms with Crippen LogP contribution in [0.25, 0.3) is 0 Å². The number of unbranched alkanes of at least 4 members (excludes halogenated alkanes) is 21. The van der Waals surface area contributed by atoms with Crippen LogP contribution in [0.4, 0.5) is 0 Å². The number of allylic oxidation sites excluding steroid dienone is 10. The molecular formula is C54H95NO8. The normalized spacial score (nSPS) is 13.3. The maximum atomic E-state index is 12.8. The molecule has 0 N–H and O–H groups in total. The summed E-state index contributed by atoms with van der Waals surface area (Å²) < 4.78 is 22.5. The number of nitrogens with zero attached hydrogens (tertiary/aromatic N) is 1. The van der Waals surface area contributed by atoms with Gasteiger partial charge in [0.25, 0.3) is 0 Å². The predicted molar refractivity (Wildman–Crippen MR) is 260 cm³/mol. The van der Waals surface area contributed by atoms with E-state index in [1.54, 1.807) is 0 Å². The summed E-state index contributed by atoms with van der Waals surface area (Å²) in [6, 6.07) is 0. The van der Waals surface area contributed by atoms with E-state index in [2.05, 4.69) is 68.5 Å². The summed E-state index contributed by atoms with van der Waals surface area (Å²) >= 11 is 0. The number of carbonyl (C=O) groups is 3. The van der Waals surface area contributed by atoms with Crippen LogP contribution in [-0.2, 0) is 33.3 Å². The Morgan fingerprint density at radius 3 is 1.33 bits per heavy atom. The van der Waals surface area contributed by atoms with Gasteiger partial charge in [-0.25, -0.2) is 0 Å². The van der Waals surface area contributed by atoms with Gasteiger partial charge in [-0.05, 0) is 51.4 Å². The zero-order valence-corrected chi connectivity index (χ0v) is 41.2. The quantitative estimate of drug-likeness (QED) is 0.0195. The lowest BCUT2D eigenvalue weighted by Gasteiger charge is -2.26. The Bertz CT molecular complexity index is 1220. The van der Waals surface area contributed by atoms with Crippen molar-refractivity contribution in [2.75, 3.05) is 47.5 Å². The molecular weight excluding hydrogens is 791 g/mol. The maximum Gasteiger partial charge on any atom is 0.306 e. The minimum Gasteiger partial charge on any atom is -0.545 e. The van der Waals surface area contributed by atoms with Gasteiger partial charge in [0.05, 0.1) is 40.3 Å². The third kappa shape index (κ3) is 46.8. The van der Waals surface area contributed by atoms with Crippen LogP contribution >= 0.6 is 0 Å². The van der Waals surface area contributed by atoms with Gasteiger partial charge in [-0.15, -0.1) is 0 Å². The van der Waals surface area contributed by atoms with Gasteiger partial charge >= 0.3 is 11.9 Å². The molecule has 0 heterocycles. The molecule has 9 heteroatoms. The lowest BCUT2D eigenvalue weighted by molar-refractivity contribution is -0.870. The van der Waals surface area contributed by atoms with E-state index in [0.717, 1.165) is 51.4 Å². The monoisotopic (exact) mass is 886 g/mol. The smallest absolute Gasteiger partial charge is 0.306 e. The third-order valence-corrected chi connectivity index (χ3v) is 10.8. The highest BCUT2D eigenvalue weighted by Crippen LogP contribution is 2.16. The van der Waals surface area contributed by atoms with E-state index < -0.39 is 24.3 Å². The molecule has 9 nitrogen and oxygen atoms in total. The van der Waals surface area contributed by atoms with Gasteiger partial charge in [0.15, 0.2) is 12.4 Å². The largest absolute Gasteiger partial charge is 0.545 e. The number of hydrogen-bond acceptors (Lipinski definition) is 8. The van der Waals surface area contributed by atoms with Crippen molar-refractivity contribution in [3.63, 3.8) is 0 Å². The van der Waals surface area contributed by atoms with Gasteiger partial charge in [-0.1, -0.05) is 203 Å². The summed E-state index contributed by atoms with van der Waals surface area (Å²) in [4.78, 5) is 37.1. The molecule has 0 aromatic carbocycles. The van der Waals surface area contributed by atoms with Gasteiger partial charge in [0, 0.05) is 12.8 Å². The molecule has 2 unspecified atom stereocenters. The zero-order valence-electron chi connectivity index (χ0n) is 41.2. The molecule has 2 atom stereocenters. The number of likely N-dealkylation sites (N-methyl/N-ethyl adjacent to an activating group) is 1. The highest BCUT2D eigenvalue weighted by atomic mass is 16.7. The number of ether oxygens (including phenoxy) is 4. The number of esters is 2. The Kier molecular flexibility index (Phi) is 43.4. The molecule has 0 amide bonds. The summed E-state index contributed by atoms with van der Waals surface area (Å²) in [6.07, 6.45) is 52.7. The minimum absolute atomic E-state index is 0.136. The van der Waals surface area contributed by atoms with Crippen LogP contribution in [0.5, 0.6) is 0 Å². The van der Waals surface area contributed by atoms with Crippen molar-refractivity contribution in [2.24, 2.45) is 0 Å². The van der Waals surface area contributed by atoms with E-state index in [-0.39, 0.29) is 38.6 Å². The van der Waals surface area contributed by atoms with E-state index >= 15 is 0 Å². The van der Waals surface area contributed by atoms with E-state index in [0.29, 0.717) is 23.9 Å². The van der Waals surface area contributed by atoms with Gasteiger partial charge in [-0.3, -0.25) is 9.59 Å². The molecule has 0 radical (unpaired) electrons. The van der Waals surface area contributed by atoms with E-state index in [4.69, 9.17) is 18.9 Å². The van der Waals surface area contributed by atoms with Crippen LogP contribution in [0.1, 0.15) is 206 Å². The molecule has 0 saturated carbocycles. The van der Waals surface area contributed by atoms with Crippen LogP contribution in [-0.4, -0.2) is 82.3 Å². The van der Waals surface area contributed by atoms with E-state index in [1.807, 2.05) is 27.2 Å². The molecule has 0 rings (SSSR count). The molecule has 0 aromatic heterocycles. The first-order valence-corrected chi connectivity index (χ1v) is 25.4. The number of hydrogen-bond donors (Lipinski definition) is 0. The Hall–Kier alpha value is -3.01. The zero-order chi connectivity index (χ0) is 46.3. The molecule has 0 aliphatic heterocycles. The highest BCUT2D eigenvalue weighted by molar-refractivity contribution is 5.70. The Balaban J connectivity index is 4.39. The fourth-order valence-corrected chi connectivity index (χ4v) is 6.87. The van der Waals surface area contributed by atoms with Crippen molar-refractivity contribution >= 4 is 17.9 Å². The first-order valence-electron chi connectivity index (χ1n) is 25.4. The molecule has 364 valence electrons. The van der Waals surface area contributed by atoms with Crippen molar-refractivity contribution in [3.05, 3.63) is 60.8 Å². The van der Waals surface area contributed by atoms with E-state index in [1.165, 1.54) is 116 Å². The minimum atomic E-state index is -1.64. The van der Waals surface area contributed by atoms with Crippen molar-refractivity contribution in [2.45, 2.75) is 219 Å². The fraction of sp³-hybridized carbons (Fsp3) is 0.759. The summed E-state index contributed by atoms with van der Waals surface area (Å²) in [5.41, 5.74) is 0. The second kappa shape index (κ2) is 45.6. The standard InChI is InChI=1S/C54H95NO8/c1-6-8-10-12-14-16-18-20-22-24-25-26-27-29-30-32-34-36-38-40-42-44-51(56)61-48-50(49-62-54(53(58)59)60-47-46-55(3,4)5)63-52(57)45-43-41-39-37-35-33-31-28-23-21-19-17-15-13-11-9-7-2/h9,11,15,17,21,23,31,33,37,39,50,54H,6-8,10,12-14,16,18-20,22,24-30,32,34-36,38,40-49H2,1-5H3/b11-9-,17-15-,23-21-,33-31-,39-37-. The Morgan fingerprint density at radius 2 is 0.905 bits per heavy atom. The summed E-state index contributed by atoms with van der Waals surface area (Å²) in [5, 5.41) is 11.7. The highest BCUT2D eigenvalue weighted by Gasteiger charge is 2.21. The number of carboxylic acid groups (broad SMARTS) is 1. The van der Waals surface area contributed by atoms with Crippen molar-refractivity contribution in [3.8, 4) is 0 Å². The van der Waals surface area contributed by atoms with Crippen LogP contribution in [0.15, 0.2) is 60.8 Å². The Morgan fingerprint density at radius 1 is 0.492 bits per heavy atom. The van der Waals surface area contributed by atoms with Crippen molar-refractivity contribution in [1.29, 1.82) is 0 Å².